The van der Waals surface area contributed by atoms with Crippen molar-refractivity contribution in [3.05, 3.63) is 12.2 Å². The molecule has 1 aromatic heterocycles. The first-order chi connectivity index (χ1) is 8.90. The van der Waals surface area contributed by atoms with E-state index in [0.29, 0.717) is 0 Å². The topological polar surface area (TPSA) is 55.2 Å². The molecule has 0 spiro atoms. The number of ether oxygens (including phenoxy) is 1. The smallest absolute Gasteiger partial charge is 0.140 e. The highest BCUT2D eigenvalue weighted by Gasteiger charge is 2.09. The fraction of sp³-hybridized carbons (Fsp3) is 0.833. The number of nitrogens with one attached hydrogen (secondary N) is 1. The molecule has 1 aliphatic heterocycles. The minimum atomic E-state index is 0.803. The highest BCUT2D eigenvalue weighted by atomic mass is 16.5. The van der Waals surface area contributed by atoms with E-state index in [9.17, 15) is 0 Å². The van der Waals surface area contributed by atoms with E-state index in [0.717, 1.165) is 58.3 Å². The molecule has 0 aliphatic carbocycles. The fourth-order valence-corrected chi connectivity index (χ4v) is 2.14. The Morgan fingerprint density at radius 1 is 1.39 bits per heavy atom. The van der Waals surface area contributed by atoms with Gasteiger partial charge in [-0.2, -0.15) is 5.10 Å². The van der Waals surface area contributed by atoms with Crippen molar-refractivity contribution in [2.45, 2.75) is 26.4 Å². The summed E-state index contributed by atoms with van der Waals surface area (Å²) in [6.07, 6.45) is 2.79. The van der Waals surface area contributed by atoms with Gasteiger partial charge >= 0.3 is 0 Å². The number of aromatic nitrogens is 3. The van der Waals surface area contributed by atoms with Crippen LogP contribution in [0.4, 0.5) is 0 Å². The van der Waals surface area contributed by atoms with Crippen molar-refractivity contribution in [1.29, 1.82) is 0 Å². The van der Waals surface area contributed by atoms with E-state index in [-0.39, 0.29) is 0 Å². The summed E-state index contributed by atoms with van der Waals surface area (Å²) in [6, 6.07) is 0. The Labute approximate surface area is 108 Å². The first-order valence-corrected chi connectivity index (χ1v) is 6.77. The molecular weight excluding hydrogens is 230 g/mol. The molecule has 1 aliphatic rings. The zero-order valence-electron chi connectivity index (χ0n) is 11.1. The van der Waals surface area contributed by atoms with Crippen LogP contribution in [0, 0.1) is 0 Å². The van der Waals surface area contributed by atoms with E-state index in [1.54, 1.807) is 6.33 Å². The highest BCUT2D eigenvalue weighted by Crippen LogP contribution is 1.98. The van der Waals surface area contributed by atoms with Gasteiger partial charge in [0.15, 0.2) is 0 Å². The van der Waals surface area contributed by atoms with Gasteiger partial charge < -0.3 is 10.1 Å². The molecule has 0 atom stereocenters. The van der Waals surface area contributed by atoms with Gasteiger partial charge in [0.1, 0.15) is 12.2 Å². The number of morpholine rings is 1. The molecule has 0 amide bonds. The summed E-state index contributed by atoms with van der Waals surface area (Å²) in [7, 11) is 0. The van der Waals surface area contributed by atoms with E-state index < -0.39 is 0 Å². The Morgan fingerprint density at radius 2 is 2.22 bits per heavy atom. The molecule has 1 fully saturated rings. The van der Waals surface area contributed by atoms with Gasteiger partial charge in [0, 0.05) is 19.6 Å². The zero-order valence-corrected chi connectivity index (χ0v) is 11.1. The first-order valence-electron chi connectivity index (χ1n) is 6.77. The normalized spacial score (nSPS) is 17.2. The highest BCUT2D eigenvalue weighted by molar-refractivity contribution is 4.83. The number of nitrogens with zero attached hydrogens (tertiary/aromatic N) is 4. The largest absolute Gasteiger partial charge is 0.379 e. The number of rotatable bonds is 7. The maximum atomic E-state index is 5.33. The van der Waals surface area contributed by atoms with Crippen molar-refractivity contribution in [2.24, 2.45) is 0 Å². The van der Waals surface area contributed by atoms with Crippen LogP contribution in [-0.2, 0) is 17.8 Å². The van der Waals surface area contributed by atoms with Crippen LogP contribution >= 0.6 is 0 Å². The zero-order chi connectivity index (χ0) is 12.6. The van der Waals surface area contributed by atoms with Crippen LogP contribution in [0.2, 0.25) is 0 Å². The molecular formula is C12H23N5O. The van der Waals surface area contributed by atoms with Gasteiger partial charge in [0.2, 0.25) is 0 Å². The molecule has 6 heteroatoms. The van der Waals surface area contributed by atoms with Crippen molar-refractivity contribution < 1.29 is 4.74 Å². The predicted octanol–water partition coefficient (Wildman–Crippen LogP) is 0.110. The van der Waals surface area contributed by atoms with Crippen LogP contribution in [0.5, 0.6) is 0 Å². The van der Waals surface area contributed by atoms with Gasteiger partial charge in [-0.15, -0.1) is 0 Å². The SMILES string of the molecule is CCn1ncnc1CNCCCN1CCOCC1. The molecule has 6 nitrogen and oxygen atoms in total. The summed E-state index contributed by atoms with van der Waals surface area (Å²) in [4.78, 5) is 6.69. The average molecular weight is 253 g/mol. The molecule has 0 unspecified atom stereocenters. The summed E-state index contributed by atoms with van der Waals surface area (Å²) >= 11 is 0. The molecule has 1 saturated heterocycles. The van der Waals surface area contributed by atoms with Gasteiger partial charge in [-0.25, -0.2) is 9.67 Å². The van der Waals surface area contributed by atoms with E-state index in [1.807, 2.05) is 4.68 Å². The van der Waals surface area contributed by atoms with Gasteiger partial charge in [-0.3, -0.25) is 4.90 Å². The lowest BCUT2D eigenvalue weighted by Gasteiger charge is -2.26. The second-order valence-electron chi connectivity index (χ2n) is 4.48. The Bertz CT molecular complexity index is 335. The van der Waals surface area contributed by atoms with Crippen LogP contribution in [0.3, 0.4) is 0 Å². The lowest BCUT2D eigenvalue weighted by Crippen LogP contribution is -2.37. The van der Waals surface area contributed by atoms with Crippen molar-refractivity contribution in [3.63, 3.8) is 0 Å². The summed E-state index contributed by atoms with van der Waals surface area (Å²) in [5, 5.41) is 7.57. The molecule has 18 heavy (non-hydrogen) atoms. The minimum Gasteiger partial charge on any atom is -0.379 e. The monoisotopic (exact) mass is 253 g/mol. The molecule has 2 rings (SSSR count). The van der Waals surface area contributed by atoms with Crippen LogP contribution in [0.1, 0.15) is 19.2 Å². The minimum absolute atomic E-state index is 0.803. The Kier molecular flexibility index (Phi) is 5.57. The van der Waals surface area contributed by atoms with Gasteiger partial charge in [-0.05, 0) is 26.4 Å². The third-order valence-electron chi connectivity index (χ3n) is 3.21. The van der Waals surface area contributed by atoms with E-state index in [1.165, 1.54) is 6.42 Å². The molecule has 102 valence electrons. The van der Waals surface area contributed by atoms with Crippen LogP contribution in [-0.4, -0.2) is 59.1 Å². The van der Waals surface area contributed by atoms with Crippen LogP contribution < -0.4 is 5.32 Å². The summed E-state index contributed by atoms with van der Waals surface area (Å²) in [6.45, 7) is 9.84. The number of hydrogen-bond acceptors (Lipinski definition) is 5. The predicted molar refractivity (Wildman–Crippen MR) is 69.3 cm³/mol. The summed E-state index contributed by atoms with van der Waals surface area (Å²) < 4.78 is 7.25. The Hall–Kier alpha value is -0.980. The second kappa shape index (κ2) is 7.45. The second-order valence-corrected chi connectivity index (χ2v) is 4.48. The van der Waals surface area contributed by atoms with Crippen molar-refractivity contribution in [1.82, 2.24) is 25.0 Å². The fourth-order valence-electron chi connectivity index (χ4n) is 2.14. The van der Waals surface area contributed by atoms with E-state index in [2.05, 4.69) is 27.2 Å². The molecule has 0 bridgehead atoms. The third-order valence-corrected chi connectivity index (χ3v) is 3.21. The van der Waals surface area contributed by atoms with E-state index >= 15 is 0 Å². The van der Waals surface area contributed by atoms with Crippen molar-refractivity contribution >= 4 is 0 Å². The van der Waals surface area contributed by atoms with Crippen LogP contribution in [0.15, 0.2) is 6.33 Å². The maximum Gasteiger partial charge on any atom is 0.140 e. The molecule has 0 saturated carbocycles. The summed E-state index contributed by atoms with van der Waals surface area (Å²) in [5.41, 5.74) is 0. The molecule has 1 N–H and O–H groups in total. The Balaban J connectivity index is 1.55. The molecule has 1 aromatic rings. The van der Waals surface area contributed by atoms with Crippen molar-refractivity contribution in [2.75, 3.05) is 39.4 Å². The van der Waals surface area contributed by atoms with Gasteiger partial charge in [-0.1, -0.05) is 0 Å². The summed E-state index contributed by atoms with van der Waals surface area (Å²) in [5.74, 6) is 1.02. The Morgan fingerprint density at radius 3 is 3.00 bits per heavy atom. The maximum absolute atomic E-state index is 5.33. The first kappa shape index (κ1) is 13.5. The quantitative estimate of drug-likeness (QED) is 0.699. The molecule has 2 heterocycles. The van der Waals surface area contributed by atoms with Gasteiger partial charge in [0.05, 0.1) is 19.8 Å². The molecule has 0 aromatic carbocycles. The average Bonchev–Trinajstić information content (AvgIpc) is 2.87. The molecule has 0 radical (unpaired) electrons. The number of aryl methyl sites for hydroxylation is 1. The lowest BCUT2D eigenvalue weighted by atomic mass is 10.3. The van der Waals surface area contributed by atoms with E-state index in [4.69, 9.17) is 4.74 Å². The number of hydrogen-bond donors (Lipinski definition) is 1. The lowest BCUT2D eigenvalue weighted by molar-refractivity contribution is 0.0374. The third kappa shape index (κ3) is 4.04. The standard InChI is InChI=1S/C12H23N5O/c1-2-17-12(14-11-15-17)10-13-4-3-5-16-6-8-18-9-7-16/h11,13H,2-10H2,1H3. The van der Waals surface area contributed by atoms with Gasteiger partial charge in [0.25, 0.3) is 0 Å². The van der Waals surface area contributed by atoms with Crippen molar-refractivity contribution in [3.8, 4) is 0 Å². The van der Waals surface area contributed by atoms with Crippen LogP contribution in [0.25, 0.3) is 0 Å².